The smallest absolute Gasteiger partial charge is 0.107 e. The van der Waals surface area contributed by atoms with Crippen LogP contribution in [0.1, 0.15) is 31.4 Å². The van der Waals surface area contributed by atoms with Gasteiger partial charge in [0.05, 0.1) is 6.10 Å². The molecular formula is C11H18N2O2. The Morgan fingerprint density at radius 3 is 2.47 bits per heavy atom. The van der Waals surface area contributed by atoms with Gasteiger partial charge >= 0.3 is 0 Å². The fourth-order valence-electron chi connectivity index (χ4n) is 1.52. The molecular weight excluding hydrogens is 192 g/mol. The molecule has 0 fully saturated rings. The standard InChI is InChI=1S/C11H18N2O2/c1-2-3-10(14)11(15)8-5-4-7(12)6-9(8)13/h4-6,10-11,14-15H,2-3,12-13H2,1H3. The van der Waals surface area contributed by atoms with Crippen molar-refractivity contribution >= 4 is 11.4 Å². The van der Waals surface area contributed by atoms with Crippen LogP contribution in [0, 0.1) is 0 Å². The highest BCUT2D eigenvalue weighted by Gasteiger charge is 2.19. The second-order valence-corrected chi connectivity index (χ2v) is 3.69. The Kier molecular flexibility index (Phi) is 3.94. The summed E-state index contributed by atoms with van der Waals surface area (Å²) in [6.07, 6.45) is -0.357. The predicted molar refractivity (Wildman–Crippen MR) is 61.1 cm³/mol. The van der Waals surface area contributed by atoms with E-state index in [9.17, 15) is 10.2 Å². The summed E-state index contributed by atoms with van der Waals surface area (Å²) in [4.78, 5) is 0. The second kappa shape index (κ2) is 5.00. The van der Waals surface area contributed by atoms with Crippen molar-refractivity contribution in [3.63, 3.8) is 0 Å². The Hall–Kier alpha value is -1.26. The molecule has 1 rings (SSSR count). The van der Waals surface area contributed by atoms with Gasteiger partial charge < -0.3 is 21.7 Å². The quantitative estimate of drug-likeness (QED) is 0.559. The molecule has 0 bridgehead atoms. The highest BCUT2D eigenvalue weighted by atomic mass is 16.3. The van der Waals surface area contributed by atoms with Gasteiger partial charge in [0, 0.05) is 16.9 Å². The van der Waals surface area contributed by atoms with Crippen LogP contribution < -0.4 is 11.5 Å². The topological polar surface area (TPSA) is 92.5 Å². The SMILES string of the molecule is CCCC(O)C(O)c1ccc(N)cc1N. The molecule has 0 heterocycles. The summed E-state index contributed by atoms with van der Waals surface area (Å²) < 4.78 is 0. The summed E-state index contributed by atoms with van der Waals surface area (Å²) in [6, 6.07) is 4.89. The molecule has 2 unspecified atom stereocenters. The lowest BCUT2D eigenvalue weighted by Gasteiger charge is -2.19. The van der Waals surface area contributed by atoms with Gasteiger partial charge in [0.2, 0.25) is 0 Å². The third-order valence-corrected chi connectivity index (χ3v) is 2.38. The first-order valence-electron chi connectivity index (χ1n) is 5.07. The predicted octanol–water partition coefficient (Wildman–Crippen LogP) is 1.05. The number of anilines is 2. The maximum atomic E-state index is 9.82. The molecule has 1 aromatic carbocycles. The number of hydrogen-bond acceptors (Lipinski definition) is 4. The molecule has 84 valence electrons. The summed E-state index contributed by atoms with van der Waals surface area (Å²) in [7, 11) is 0. The summed E-state index contributed by atoms with van der Waals surface area (Å²) in [5.41, 5.74) is 12.7. The van der Waals surface area contributed by atoms with Gasteiger partial charge in [-0.3, -0.25) is 0 Å². The first-order valence-corrected chi connectivity index (χ1v) is 5.07. The molecule has 0 saturated carbocycles. The zero-order valence-electron chi connectivity index (χ0n) is 8.85. The molecule has 1 aromatic rings. The molecule has 0 aromatic heterocycles. The molecule has 0 aliphatic rings. The van der Waals surface area contributed by atoms with Gasteiger partial charge in [0.1, 0.15) is 6.10 Å². The summed E-state index contributed by atoms with van der Waals surface area (Å²) >= 11 is 0. The number of benzene rings is 1. The average Bonchev–Trinajstić information content (AvgIpc) is 2.17. The molecule has 0 amide bonds. The second-order valence-electron chi connectivity index (χ2n) is 3.69. The summed E-state index contributed by atoms with van der Waals surface area (Å²) in [6.45, 7) is 1.95. The van der Waals surface area contributed by atoms with E-state index in [0.29, 0.717) is 23.4 Å². The third-order valence-electron chi connectivity index (χ3n) is 2.38. The molecule has 6 N–H and O–H groups in total. The van der Waals surface area contributed by atoms with Gasteiger partial charge in [-0.15, -0.1) is 0 Å². The molecule has 4 heteroatoms. The van der Waals surface area contributed by atoms with Crippen molar-refractivity contribution < 1.29 is 10.2 Å². The van der Waals surface area contributed by atoms with E-state index < -0.39 is 12.2 Å². The van der Waals surface area contributed by atoms with Crippen LogP contribution in [0.3, 0.4) is 0 Å². The minimum Gasteiger partial charge on any atom is -0.399 e. The molecule has 0 aliphatic heterocycles. The zero-order valence-corrected chi connectivity index (χ0v) is 8.85. The molecule has 0 saturated heterocycles. The highest BCUT2D eigenvalue weighted by Crippen LogP contribution is 2.26. The lowest BCUT2D eigenvalue weighted by Crippen LogP contribution is -2.19. The number of hydrogen-bond donors (Lipinski definition) is 4. The van der Waals surface area contributed by atoms with Crippen molar-refractivity contribution in [1.82, 2.24) is 0 Å². The maximum absolute atomic E-state index is 9.82. The fraction of sp³-hybridized carbons (Fsp3) is 0.455. The Morgan fingerprint density at radius 2 is 1.93 bits per heavy atom. The van der Waals surface area contributed by atoms with Crippen LogP contribution in [0.15, 0.2) is 18.2 Å². The van der Waals surface area contributed by atoms with Gasteiger partial charge in [-0.2, -0.15) is 0 Å². The maximum Gasteiger partial charge on any atom is 0.107 e. The van der Waals surface area contributed by atoms with Gasteiger partial charge in [-0.05, 0) is 18.6 Å². The first-order chi connectivity index (χ1) is 7.06. The Labute approximate surface area is 89.5 Å². The Balaban J connectivity index is 2.86. The first kappa shape index (κ1) is 11.8. The van der Waals surface area contributed by atoms with E-state index in [1.54, 1.807) is 18.2 Å². The van der Waals surface area contributed by atoms with Crippen LogP contribution in [0.25, 0.3) is 0 Å². The van der Waals surface area contributed by atoms with E-state index in [1.807, 2.05) is 6.92 Å². The highest BCUT2D eigenvalue weighted by molar-refractivity contribution is 5.57. The molecule has 0 aliphatic carbocycles. The van der Waals surface area contributed by atoms with Gasteiger partial charge in [-0.1, -0.05) is 19.4 Å². The van der Waals surface area contributed by atoms with E-state index in [-0.39, 0.29) is 0 Å². The van der Waals surface area contributed by atoms with Crippen LogP contribution >= 0.6 is 0 Å². The van der Waals surface area contributed by atoms with Crippen molar-refractivity contribution in [3.8, 4) is 0 Å². The van der Waals surface area contributed by atoms with E-state index in [0.717, 1.165) is 6.42 Å². The van der Waals surface area contributed by atoms with Crippen LogP contribution in [0.5, 0.6) is 0 Å². The zero-order chi connectivity index (χ0) is 11.4. The van der Waals surface area contributed by atoms with Crippen LogP contribution in [0.4, 0.5) is 11.4 Å². The van der Waals surface area contributed by atoms with Crippen LogP contribution in [-0.4, -0.2) is 16.3 Å². The lowest BCUT2D eigenvalue weighted by molar-refractivity contribution is 0.0135. The van der Waals surface area contributed by atoms with E-state index in [1.165, 1.54) is 0 Å². The largest absolute Gasteiger partial charge is 0.399 e. The number of nitrogen functional groups attached to an aromatic ring is 2. The fourth-order valence-corrected chi connectivity index (χ4v) is 1.52. The Bertz CT molecular complexity index is 328. The summed E-state index contributed by atoms with van der Waals surface area (Å²) in [5.74, 6) is 0. The molecule has 4 nitrogen and oxygen atoms in total. The van der Waals surface area contributed by atoms with Crippen molar-refractivity contribution in [2.24, 2.45) is 0 Å². The number of aliphatic hydroxyl groups excluding tert-OH is 2. The van der Waals surface area contributed by atoms with E-state index >= 15 is 0 Å². The van der Waals surface area contributed by atoms with E-state index in [4.69, 9.17) is 11.5 Å². The summed E-state index contributed by atoms with van der Waals surface area (Å²) in [5, 5.41) is 19.4. The van der Waals surface area contributed by atoms with Crippen molar-refractivity contribution in [2.75, 3.05) is 11.5 Å². The molecule has 0 spiro atoms. The number of rotatable bonds is 4. The van der Waals surface area contributed by atoms with E-state index in [2.05, 4.69) is 0 Å². The normalized spacial score (nSPS) is 14.9. The monoisotopic (exact) mass is 210 g/mol. The minimum atomic E-state index is -0.939. The minimum absolute atomic E-state index is 0.414. The molecule has 15 heavy (non-hydrogen) atoms. The average molecular weight is 210 g/mol. The number of nitrogens with two attached hydrogens (primary N) is 2. The molecule has 0 radical (unpaired) electrons. The van der Waals surface area contributed by atoms with Gasteiger partial charge in [0.25, 0.3) is 0 Å². The Morgan fingerprint density at radius 1 is 1.27 bits per heavy atom. The van der Waals surface area contributed by atoms with Crippen LogP contribution in [-0.2, 0) is 0 Å². The number of aliphatic hydroxyl groups is 2. The van der Waals surface area contributed by atoms with Gasteiger partial charge in [0.15, 0.2) is 0 Å². The lowest BCUT2D eigenvalue weighted by atomic mass is 9.99. The van der Waals surface area contributed by atoms with Crippen LogP contribution in [0.2, 0.25) is 0 Å². The van der Waals surface area contributed by atoms with Crippen molar-refractivity contribution in [1.29, 1.82) is 0 Å². The van der Waals surface area contributed by atoms with Crippen molar-refractivity contribution in [2.45, 2.75) is 32.0 Å². The van der Waals surface area contributed by atoms with Crippen molar-refractivity contribution in [3.05, 3.63) is 23.8 Å². The van der Waals surface area contributed by atoms with Gasteiger partial charge in [-0.25, -0.2) is 0 Å². The third kappa shape index (κ3) is 2.84. The molecule has 2 atom stereocenters.